The largest absolute Gasteiger partial charge is 0.407 e. The zero-order valence-corrected chi connectivity index (χ0v) is 11.7. The molecule has 1 rings (SSSR count). The van der Waals surface area contributed by atoms with Gasteiger partial charge in [0.05, 0.1) is 0 Å². The molecule has 18 heavy (non-hydrogen) atoms. The van der Waals surface area contributed by atoms with E-state index in [0.717, 1.165) is 27.8 Å². The summed E-state index contributed by atoms with van der Waals surface area (Å²) >= 11 is 0. The van der Waals surface area contributed by atoms with Gasteiger partial charge < -0.3 is 5.32 Å². The Hall–Kier alpha value is -1.03. The Balaban J connectivity index is 3.59. The predicted octanol–water partition coefficient (Wildman–Crippen LogP) is 4.05. The summed E-state index contributed by atoms with van der Waals surface area (Å²) in [6.07, 6.45) is -4.28. The van der Waals surface area contributed by atoms with Gasteiger partial charge in [0.2, 0.25) is 0 Å². The molecule has 0 saturated carbocycles. The molecule has 0 radical (unpaired) electrons. The fraction of sp³-hybridized carbons (Fsp3) is 0.571. The molecule has 4 heteroatoms. The number of hydrogen-bond donors (Lipinski definition) is 1. The molecule has 1 atom stereocenters. The smallest absolute Gasteiger partial charge is 0.306 e. The summed E-state index contributed by atoms with van der Waals surface area (Å²) in [5, 5.41) is 2.39. The van der Waals surface area contributed by atoms with E-state index in [4.69, 9.17) is 0 Å². The summed E-state index contributed by atoms with van der Waals surface area (Å²) in [5.41, 5.74) is 4.78. The zero-order valence-electron chi connectivity index (χ0n) is 11.7. The van der Waals surface area contributed by atoms with Gasteiger partial charge in [0.25, 0.3) is 0 Å². The first kappa shape index (κ1) is 15.0. The van der Waals surface area contributed by atoms with Crippen LogP contribution in [0.1, 0.15) is 39.4 Å². The normalized spacial score (nSPS) is 13.8. The van der Waals surface area contributed by atoms with Crippen molar-refractivity contribution in [3.8, 4) is 0 Å². The lowest BCUT2D eigenvalue weighted by molar-refractivity contribution is -0.156. The van der Waals surface area contributed by atoms with Gasteiger partial charge >= 0.3 is 6.18 Å². The van der Waals surface area contributed by atoms with E-state index in [-0.39, 0.29) is 0 Å². The molecule has 0 aromatic heterocycles. The van der Waals surface area contributed by atoms with Crippen molar-refractivity contribution in [2.75, 3.05) is 7.05 Å². The molecular weight excluding hydrogens is 239 g/mol. The minimum absolute atomic E-state index is 0.366. The van der Waals surface area contributed by atoms with Crippen LogP contribution in [0.3, 0.4) is 0 Å². The minimum Gasteiger partial charge on any atom is -0.306 e. The quantitative estimate of drug-likeness (QED) is 0.844. The molecule has 0 spiro atoms. The van der Waals surface area contributed by atoms with E-state index in [0.29, 0.717) is 5.56 Å². The number of benzene rings is 1. The third-order valence-electron chi connectivity index (χ3n) is 3.96. The SMILES string of the molecule is CNC(c1c(C)c(C)c(C)c(C)c1C)C(F)(F)F. The standard InChI is InChI=1S/C14H20F3N/c1-7-8(2)10(4)12(11(5)9(7)3)13(18-6)14(15,16)17/h13,18H,1-6H3. The summed E-state index contributed by atoms with van der Waals surface area (Å²) in [7, 11) is 1.35. The first-order valence-corrected chi connectivity index (χ1v) is 5.93. The highest BCUT2D eigenvalue weighted by Gasteiger charge is 2.41. The third-order valence-corrected chi connectivity index (χ3v) is 3.96. The highest BCUT2D eigenvalue weighted by atomic mass is 19.4. The maximum absolute atomic E-state index is 13.1. The average Bonchev–Trinajstić information content (AvgIpc) is 2.27. The summed E-state index contributed by atoms with van der Waals surface area (Å²) in [6.45, 7) is 9.24. The number of nitrogens with one attached hydrogen (secondary N) is 1. The molecule has 1 aromatic carbocycles. The lowest BCUT2D eigenvalue weighted by Crippen LogP contribution is -2.33. The Morgan fingerprint density at radius 1 is 0.778 bits per heavy atom. The Labute approximate surface area is 106 Å². The topological polar surface area (TPSA) is 12.0 Å². The molecule has 0 fully saturated rings. The van der Waals surface area contributed by atoms with Gasteiger partial charge in [0, 0.05) is 0 Å². The van der Waals surface area contributed by atoms with Crippen LogP contribution in [0.4, 0.5) is 13.2 Å². The molecule has 0 aliphatic carbocycles. The van der Waals surface area contributed by atoms with E-state index in [9.17, 15) is 13.2 Å². The summed E-state index contributed by atoms with van der Waals surface area (Å²) in [4.78, 5) is 0. The lowest BCUT2D eigenvalue weighted by atomic mass is 9.86. The third kappa shape index (κ3) is 2.39. The van der Waals surface area contributed by atoms with Crippen molar-refractivity contribution < 1.29 is 13.2 Å². The van der Waals surface area contributed by atoms with E-state index in [1.165, 1.54) is 7.05 Å². The van der Waals surface area contributed by atoms with Gasteiger partial charge in [-0.2, -0.15) is 13.2 Å². The molecule has 0 aliphatic heterocycles. The van der Waals surface area contributed by atoms with E-state index >= 15 is 0 Å². The maximum Gasteiger partial charge on any atom is 0.407 e. The van der Waals surface area contributed by atoms with Crippen LogP contribution < -0.4 is 5.32 Å². The Kier molecular flexibility index (Phi) is 4.11. The van der Waals surface area contributed by atoms with Gasteiger partial charge in [-0.3, -0.25) is 0 Å². The molecule has 1 aromatic rings. The van der Waals surface area contributed by atoms with E-state index < -0.39 is 12.2 Å². The van der Waals surface area contributed by atoms with Gasteiger partial charge in [0.1, 0.15) is 6.04 Å². The van der Waals surface area contributed by atoms with Crippen molar-refractivity contribution in [1.29, 1.82) is 0 Å². The predicted molar refractivity (Wildman–Crippen MR) is 68.0 cm³/mol. The van der Waals surface area contributed by atoms with Crippen LogP contribution in [-0.4, -0.2) is 13.2 Å². The molecule has 1 unspecified atom stereocenters. The van der Waals surface area contributed by atoms with Crippen molar-refractivity contribution in [3.63, 3.8) is 0 Å². The van der Waals surface area contributed by atoms with Crippen molar-refractivity contribution in [1.82, 2.24) is 5.32 Å². The number of halogens is 3. The summed E-state index contributed by atoms with van der Waals surface area (Å²) in [5.74, 6) is 0. The number of rotatable bonds is 2. The second kappa shape index (κ2) is 4.92. The highest BCUT2D eigenvalue weighted by Crippen LogP contribution is 2.38. The molecule has 0 amide bonds. The van der Waals surface area contributed by atoms with Crippen molar-refractivity contribution in [3.05, 3.63) is 33.4 Å². The van der Waals surface area contributed by atoms with Crippen molar-refractivity contribution >= 4 is 0 Å². The fourth-order valence-corrected chi connectivity index (χ4v) is 2.43. The van der Waals surface area contributed by atoms with Gasteiger partial charge in [-0.25, -0.2) is 0 Å². The maximum atomic E-state index is 13.1. The van der Waals surface area contributed by atoms with Crippen molar-refractivity contribution in [2.45, 2.75) is 46.8 Å². The Morgan fingerprint density at radius 2 is 1.11 bits per heavy atom. The van der Waals surface area contributed by atoms with Crippen LogP contribution in [0.25, 0.3) is 0 Å². The molecule has 0 heterocycles. The number of alkyl halides is 3. The zero-order chi connectivity index (χ0) is 14.2. The minimum atomic E-state index is -4.28. The van der Waals surface area contributed by atoms with Crippen LogP contribution in [0.5, 0.6) is 0 Å². The Bertz CT molecular complexity index is 432. The van der Waals surface area contributed by atoms with E-state index in [1.807, 2.05) is 20.8 Å². The van der Waals surface area contributed by atoms with Crippen LogP contribution >= 0.6 is 0 Å². The van der Waals surface area contributed by atoms with Crippen molar-refractivity contribution in [2.24, 2.45) is 0 Å². The lowest BCUT2D eigenvalue weighted by Gasteiger charge is -2.27. The highest BCUT2D eigenvalue weighted by molar-refractivity contribution is 5.51. The van der Waals surface area contributed by atoms with Gasteiger partial charge in [-0.1, -0.05) is 0 Å². The molecule has 0 aliphatic rings. The average molecular weight is 259 g/mol. The molecular formula is C14H20F3N. The second-order valence-electron chi connectivity index (χ2n) is 4.80. The van der Waals surface area contributed by atoms with E-state index in [2.05, 4.69) is 5.32 Å². The molecule has 1 N–H and O–H groups in total. The van der Waals surface area contributed by atoms with Gasteiger partial charge in [-0.15, -0.1) is 0 Å². The monoisotopic (exact) mass is 259 g/mol. The van der Waals surface area contributed by atoms with E-state index in [1.54, 1.807) is 13.8 Å². The molecule has 0 bridgehead atoms. The van der Waals surface area contributed by atoms with Crippen LogP contribution in [-0.2, 0) is 0 Å². The fourth-order valence-electron chi connectivity index (χ4n) is 2.43. The molecule has 0 saturated heterocycles. The van der Waals surface area contributed by atoms with Gasteiger partial charge in [0.15, 0.2) is 0 Å². The van der Waals surface area contributed by atoms with Crippen LogP contribution in [0.2, 0.25) is 0 Å². The first-order chi connectivity index (χ1) is 8.12. The molecule has 1 nitrogen and oxygen atoms in total. The molecule has 102 valence electrons. The Morgan fingerprint density at radius 3 is 1.39 bits per heavy atom. The first-order valence-electron chi connectivity index (χ1n) is 5.93. The number of hydrogen-bond acceptors (Lipinski definition) is 1. The van der Waals surface area contributed by atoms with Crippen LogP contribution in [0, 0.1) is 34.6 Å². The summed E-state index contributed by atoms with van der Waals surface area (Å²) in [6, 6.07) is -1.60. The van der Waals surface area contributed by atoms with Gasteiger partial charge in [-0.05, 0) is 75.0 Å². The second-order valence-corrected chi connectivity index (χ2v) is 4.80. The summed E-state index contributed by atoms with van der Waals surface area (Å²) < 4.78 is 39.2. The van der Waals surface area contributed by atoms with Crippen LogP contribution in [0.15, 0.2) is 0 Å².